The Morgan fingerprint density at radius 1 is 1.36 bits per heavy atom. The van der Waals surface area contributed by atoms with Crippen LogP contribution in [0.5, 0.6) is 0 Å². The van der Waals surface area contributed by atoms with Gasteiger partial charge in [0.25, 0.3) is 5.91 Å². The summed E-state index contributed by atoms with van der Waals surface area (Å²) >= 11 is 0. The molecule has 1 aliphatic carbocycles. The third kappa shape index (κ3) is 1.37. The molecule has 0 unspecified atom stereocenters. The van der Waals surface area contributed by atoms with E-state index in [1.807, 2.05) is 12.2 Å². The lowest BCUT2D eigenvalue weighted by atomic mass is 10.1. The summed E-state index contributed by atoms with van der Waals surface area (Å²) in [5.74, 6) is -0.450. The third-order valence-electron chi connectivity index (χ3n) is 1.97. The van der Waals surface area contributed by atoms with E-state index in [1.54, 1.807) is 18.4 Å². The molecule has 1 heterocycles. The van der Waals surface area contributed by atoms with E-state index in [0.29, 0.717) is 11.3 Å². The van der Waals surface area contributed by atoms with E-state index < -0.39 is 5.91 Å². The van der Waals surface area contributed by atoms with Crippen molar-refractivity contribution in [3.63, 3.8) is 0 Å². The van der Waals surface area contributed by atoms with Gasteiger partial charge in [-0.3, -0.25) is 4.79 Å². The highest BCUT2D eigenvalue weighted by atomic mass is 16.1. The van der Waals surface area contributed by atoms with Gasteiger partial charge in [0.15, 0.2) is 0 Å². The summed E-state index contributed by atoms with van der Waals surface area (Å²) in [6, 6.07) is 0. The molecule has 3 N–H and O–H groups in total. The van der Waals surface area contributed by atoms with Crippen LogP contribution in [0.4, 0.5) is 0 Å². The van der Waals surface area contributed by atoms with Crippen molar-refractivity contribution in [1.29, 1.82) is 0 Å². The molecule has 0 aromatic rings. The van der Waals surface area contributed by atoms with Gasteiger partial charge in [-0.2, -0.15) is 0 Å². The first kappa shape index (κ1) is 8.50. The number of carbonyl (C=O) groups excluding carboxylic acids is 1. The molecule has 0 fully saturated rings. The molecule has 1 aliphatic heterocycles. The summed E-state index contributed by atoms with van der Waals surface area (Å²) < 4.78 is 0. The summed E-state index contributed by atoms with van der Waals surface area (Å²) in [4.78, 5) is 15.1. The van der Waals surface area contributed by atoms with E-state index in [4.69, 9.17) is 5.73 Å². The Kier molecular flexibility index (Phi) is 2.02. The van der Waals surface area contributed by atoms with Crippen LogP contribution < -0.4 is 11.1 Å². The second-order valence-corrected chi connectivity index (χ2v) is 2.88. The van der Waals surface area contributed by atoms with E-state index >= 15 is 0 Å². The van der Waals surface area contributed by atoms with E-state index in [1.165, 1.54) is 6.34 Å². The molecule has 4 nitrogen and oxygen atoms in total. The van der Waals surface area contributed by atoms with Gasteiger partial charge < -0.3 is 11.1 Å². The van der Waals surface area contributed by atoms with Crippen LogP contribution in [0.15, 0.2) is 52.3 Å². The molecule has 0 bridgehead atoms. The number of primary amides is 1. The van der Waals surface area contributed by atoms with Gasteiger partial charge in [-0.15, -0.1) is 0 Å². The van der Waals surface area contributed by atoms with Gasteiger partial charge in [0.05, 0.1) is 17.6 Å². The zero-order valence-electron chi connectivity index (χ0n) is 7.40. The molecular weight excluding hydrogens is 178 g/mol. The summed E-state index contributed by atoms with van der Waals surface area (Å²) in [5, 5.41) is 2.91. The summed E-state index contributed by atoms with van der Waals surface area (Å²) in [7, 11) is 0. The number of hydrogen-bond donors (Lipinski definition) is 2. The number of nitrogens with zero attached hydrogens (tertiary/aromatic N) is 1. The molecule has 4 heteroatoms. The van der Waals surface area contributed by atoms with Crippen molar-refractivity contribution < 1.29 is 4.79 Å². The number of rotatable bonds is 1. The van der Waals surface area contributed by atoms with Crippen molar-refractivity contribution >= 4 is 12.2 Å². The fraction of sp³-hybridized carbons (Fsp3) is 0. The maximum Gasteiger partial charge on any atom is 0.250 e. The first-order valence-corrected chi connectivity index (χ1v) is 4.16. The van der Waals surface area contributed by atoms with Crippen molar-refractivity contribution in [3.05, 3.63) is 47.3 Å². The highest BCUT2D eigenvalue weighted by Crippen LogP contribution is 2.19. The van der Waals surface area contributed by atoms with Gasteiger partial charge in [-0.1, -0.05) is 18.2 Å². The SMILES string of the molecule is NC(=O)C1=C2NC=NC=C2C=CC=C1. The maximum atomic E-state index is 11.1. The zero-order chi connectivity index (χ0) is 9.97. The van der Waals surface area contributed by atoms with Crippen molar-refractivity contribution in [2.24, 2.45) is 10.7 Å². The van der Waals surface area contributed by atoms with Gasteiger partial charge in [-0.25, -0.2) is 4.99 Å². The normalized spacial score (nSPS) is 18.4. The Hall–Kier alpha value is -2.10. The molecule has 14 heavy (non-hydrogen) atoms. The van der Waals surface area contributed by atoms with Crippen LogP contribution in [0.1, 0.15) is 0 Å². The predicted molar refractivity (Wildman–Crippen MR) is 54.2 cm³/mol. The molecular formula is C10H9N3O. The molecule has 1 amide bonds. The molecule has 0 saturated carbocycles. The minimum atomic E-state index is -0.450. The second kappa shape index (κ2) is 3.33. The standard InChI is InChI=1S/C10H9N3O/c11-10(14)8-4-2-1-3-7-5-12-6-13-9(7)8/h1-6H,(H2,11,14)(H,12,13). The third-order valence-corrected chi connectivity index (χ3v) is 1.97. The summed E-state index contributed by atoms with van der Waals surface area (Å²) in [5.41, 5.74) is 7.28. The second-order valence-electron chi connectivity index (χ2n) is 2.88. The first-order chi connectivity index (χ1) is 6.79. The maximum absolute atomic E-state index is 11.1. The van der Waals surface area contributed by atoms with Crippen molar-refractivity contribution in [3.8, 4) is 0 Å². The van der Waals surface area contributed by atoms with Crippen LogP contribution in [-0.2, 0) is 4.79 Å². The topological polar surface area (TPSA) is 67.5 Å². The molecule has 0 aromatic carbocycles. The van der Waals surface area contributed by atoms with Crippen LogP contribution in [0, 0.1) is 0 Å². The average molecular weight is 187 g/mol. The van der Waals surface area contributed by atoms with E-state index in [0.717, 1.165) is 5.57 Å². The average Bonchev–Trinajstić information content (AvgIpc) is 2.39. The Bertz CT molecular complexity index is 425. The number of nitrogens with one attached hydrogen (secondary N) is 1. The molecule has 0 spiro atoms. The molecule has 0 radical (unpaired) electrons. The lowest BCUT2D eigenvalue weighted by molar-refractivity contribution is -0.114. The number of hydrogen-bond acceptors (Lipinski definition) is 3. The first-order valence-electron chi connectivity index (χ1n) is 4.16. The van der Waals surface area contributed by atoms with E-state index in [9.17, 15) is 4.79 Å². The minimum absolute atomic E-state index is 0.450. The van der Waals surface area contributed by atoms with Gasteiger partial charge in [-0.05, 0) is 6.08 Å². The van der Waals surface area contributed by atoms with Gasteiger partial charge >= 0.3 is 0 Å². The lowest BCUT2D eigenvalue weighted by Crippen LogP contribution is -2.23. The molecule has 2 rings (SSSR count). The molecule has 2 aliphatic rings. The van der Waals surface area contributed by atoms with Crippen LogP contribution in [0.2, 0.25) is 0 Å². The quantitative estimate of drug-likeness (QED) is 0.622. The number of nitrogens with two attached hydrogens (primary N) is 1. The Labute approximate surface area is 81.2 Å². The number of amides is 1. The largest absolute Gasteiger partial charge is 0.366 e. The number of aliphatic imine (C=N–C) groups is 1. The molecule has 0 aromatic heterocycles. The highest BCUT2D eigenvalue weighted by Gasteiger charge is 2.14. The number of carbonyl (C=O) groups is 1. The van der Waals surface area contributed by atoms with E-state index in [2.05, 4.69) is 10.3 Å². The van der Waals surface area contributed by atoms with Crippen molar-refractivity contribution in [1.82, 2.24) is 5.32 Å². The van der Waals surface area contributed by atoms with Gasteiger partial charge in [0.1, 0.15) is 0 Å². The minimum Gasteiger partial charge on any atom is -0.366 e. The molecule has 0 atom stereocenters. The van der Waals surface area contributed by atoms with Crippen LogP contribution in [0.25, 0.3) is 0 Å². The highest BCUT2D eigenvalue weighted by molar-refractivity contribution is 5.97. The van der Waals surface area contributed by atoms with Gasteiger partial charge in [0, 0.05) is 11.8 Å². The number of fused-ring (bicyclic) bond motifs is 1. The fourth-order valence-corrected chi connectivity index (χ4v) is 1.33. The Morgan fingerprint density at radius 2 is 2.14 bits per heavy atom. The van der Waals surface area contributed by atoms with E-state index in [-0.39, 0.29) is 0 Å². The predicted octanol–water partition coefficient (Wildman–Crippen LogP) is 0.367. The van der Waals surface area contributed by atoms with Crippen LogP contribution >= 0.6 is 0 Å². The molecule has 0 saturated heterocycles. The van der Waals surface area contributed by atoms with Gasteiger partial charge in [0.2, 0.25) is 0 Å². The summed E-state index contributed by atoms with van der Waals surface area (Å²) in [6.45, 7) is 0. The van der Waals surface area contributed by atoms with Crippen LogP contribution in [0.3, 0.4) is 0 Å². The monoisotopic (exact) mass is 187 g/mol. The Balaban J connectivity index is 2.56. The number of allylic oxidation sites excluding steroid dienone is 3. The smallest absolute Gasteiger partial charge is 0.250 e. The summed E-state index contributed by atoms with van der Waals surface area (Å²) in [6.07, 6.45) is 10.4. The van der Waals surface area contributed by atoms with Crippen molar-refractivity contribution in [2.45, 2.75) is 0 Å². The zero-order valence-corrected chi connectivity index (χ0v) is 7.40. The van der Waals surface area contributed by atoms with Crippen molar-refractivity contribution in [2.75, 3.05) is 0 Å². The molecule has 70 valence electrons. The fourth-order valence-electron chi connectivity index (χ4n) is 1.33. The lowest BCUT2D eigenvalue weighted by Gasteiger charge is -2.12. The van der Waals surface area contributed by atoms with Crippen LogP contribution in [-0.4, -0.2) is 12.2 Å². The Morgan fingerprint density at radius 3 is 2.93 bits per heavy atom.